The highest BCUT2D eigenvalue weighted by molar-refractivity contribution is 6.31. The van der Waals surface area contributed by atoms with Gasteiger partial charge >= 0.3 is 0 Å². The topological polar surface area (TPSA) is 15.3 Å². The summed E-state index contributed by atoms with van der Waals surface area (Å²) in [4.78, 5) is 2.57. The van der Waals surface area contributed by atoms with Gasteiger partial charge in [0.25, 0.3) is 0 Å². The first kappa shape index (κ1) is 14.8. The molecule has 0 aromatic heterocycles. The highest BCUT2D eigenvalue weighted by Gasteiger charge is 2.39. The number of nitrogens with one attached hydrogen (secondary N) is 1. The Morgan fingerprint density at radius 3 is 2.58 bits per heavy atom. The van der Waals surface area contributed by atoms with E-state index in [9.17, 15) is 0 Å². The van der Waals surface area contributed by atoms with Gasteiger partial charge in [0, 0.05) is 35.7 Å². The number of benzene rings is 1. The Labute approximate surface area is 122 Å². The predicted octanol–water partition coefficient (Wildman–Crippen LogP) is 3.69. The molecule has 0 amide bonds. The first-order chi connectivity index (χ1) is 8.86. The second kappa shape index (κ2) is 5.43. The van der Waals surface area contributed by atoms with Crippen LogP contribution in [-0.4, -0.2) is 29.1 Å². The molecule has 0 saturated carbocycles. The van der Waals surface area contributed by atoms with Crippen molar-refractivity contribution < 1.29 is 0 Å². The third kappa shape index (κ3) is 3.31. The molecule has 0 radical (unpaired) electrons. The van der Waals surface area contributed by atoms with Gasteiger partial charge in [0.05, 0.1) is 0 Å². The lowest BCUT2D eigenvalue weighted by Crippen LogP contribution is -2.66. The average molecular weight is 281 g/mol. The normalized spacial score (nSPS) is 27.4. The zero-order valence-electron chi connectivity index (χ0n) is 12.5. The van der Waals surface area contributed by atoms with Gasteiger partial charge in [-0.25, -0.2) is 0 Å². The van der Waals surface area contributed by atoms with E-state index in [-0.39, 0.29) is 11.1 Å². The molecule has 19 heavy (non-hydrogen) atoms. The summed E-state index contributed by atoms with van der Waals surface area (Å²) in [7, 11) is 0. The van der Waals surface area contributed by atoms with Gasteiger partial charge in [0.1, 0.15) is 0 Å². The van der Waals surface area contributed by atoms with Crippen molar-refractivity contribution >= 4 is 11.6 Å². The van der Waals surface area contributed by atoms with Crippen molar-refractivity contribution in [2.75, 3.05) is 13.1 Å². The summed E-state index contributed by atoms with van der Waals surface area (Å²) in [5.74, 6) is 0. The zero-order chi connectivity index (χ0) is 14.1. The molecule has 0 bridgehead atoms. The van der Waals surface area contributed by atoms with E-state index in [4.69, 9.17) is 11.6 Å². The molecule has 1 fully saturated rings. The molecular weight excluding hydrogens is 256 g/mol. The van der Waals surface area contributed by atoms with Crippen molar-refractivity contribution in [1.29, 1.82) is 0 Å². The number of piperazine rings is 1. The van der Waals surface area contributed by atoms with Gasteiger partial charge in [-0.05, 0) is 38.8 Å². The van der Waals surface area contributed by atoms with E-state index >= 15 is 0 Å². The van der Waals surface area contributed by atoms with E-state index < -0.39 is 0 Å². The first-order valence-electron chi connectivity index (χ1n) is 7.10. The van der Waals surface area contributed by atoms with E-state index in [1.165, 1.54) is 5.56 Å². The van der Waals surface area contributed by atoms with Gasteiger partial charge < -0.3 is 5.32 Å². The molecule has 2 nitrogen and oxygen atoms in total. The molecule has 1 aromatic carbocycles. The Kier molecular flexibility index (Phi) is 4.24. The number of nitrogens with zero attached hydrogens (tertiary/aromatic N) is 1. The standard InChI is InChI=1S/C16H25ClN2/c1-5-16(4)11-18-15(2,3)12-19(16)10-13-8-6-7-9-14(13)17/h6-9,18H,5,10-12H2,1-4H3. The summed E-state index contributed by atoms with van der Waals surface area (Å²) in [6.45, 7) is 12.1. The van der Waals surface area contributed by atoms with Crippen LogP contribution in [0.5, 0.6) is 0 Å². The van der Waals surface area contributed by atoms with Gasteiger partial charge in [-0.3, -0.25) is 4.90 Å². The molecule has 1 aliphatic heterocycles. The predicted molar refractivity (Wildman–Crippen MR) is 82.6 cm³/mol. The average Bonchev–Trinajstić information content (AvgIpc) is 2.37. The van der Waals surface area contributed by atoms with Gasteiger partial charge in [0.2, 0.25) is 0 Å². The molecule has 106 valence electrons. The van der Waals surface area contributed by atoms with Crippen LogP contribution in [0.3, 0.4) is 0 Å². The van der Waals surface area contributed by atoms with Gasteiger partial charge in [-0.15, -0.1) is 0 Å². The van der Waals surface area contributed by atoms with Crippen LogP contribution in [0.4, 0.5) is 0 Å². The van der Waals surface area contributed by atoms with Crippen molar-refractivity contribution in [1.82, 2.24) is 10.2 Å². The minimum Gasteiger partial charge on any atom is -0.309 e. The maximum atomic E-state index is 6.31. The van der Waals surface area contributed by atoms with E-state index in [1.54, 1.807) is 0 Å². The molecule has 2 rings (SSSR count). The second-order valence-electron chi connectivity index (χ2n) is 6.54. The van der Waals surface area contributed by atoms with Crippen LogP contribution in [0.15, 0.2) is 24.3 Å². The third-order valence-corrected chi connectivity index (χ3v) is 4.75. The lowest BCUT2D eigenvalue weighted by molar-refractivity contribution is 0.0175. The Balaban J connectivity index is 2.22. The molecule has 1 heterocycles. The highest BCUT2D eigenvalue weighted by atomic mass is 35.5. The highest BCUT2D eigenvalue weighted by Crippen LogP contribution is 2.29. The molecule has 1 atom stereocenters. The van der Waals surface area contributed by atoms with Crippen LogP contribution in [0.1, 0.15) is 39.7 Å². The number of halogens is 1. The number of rotatable bonds is 3. The van der Waals surface area contributed by atoms with Crippen LogP contribution < -0.4 is 5.32 Å². The fourth-order valence-electron chi connectivity index (χ4n) is 2.69. The molecule has 3 heteroatoms. The third-order valence-electron chi connectivity index (χ3n) is 4.38. The van der Waals surface area contributed by atoms with Crippen molar-refractivity contribution in [3.05, 3.63) is 34.9 Å². The minimum absolute atomic E-state index is 0.163. The summed E-state index contributed by atoms with van der Waals surface area (Å²) in [5.41, 5.74) is 1.59. The molecular formula is C16H25ClN2. The summed E-state index contributed by atoms with van der Waals surface area (Å²) < 4.78 is 0. The van der Waals surface area contributed by atoms with Gasteiger partial charge in [-0.2, -0.15) is 0 Å². The van der Waals surface area contributed by atoms with E-state index in [0.717, 1.165) is 31.1 Å². The van der Waals surface area contributed by atoms with Crippen LogP contribution in [0.25, 0.3) is 0 Å². The fourth-order valence-corrected chi connectivity index (χ4v) is 2.89. The van der Waals surface area contributed by atoms with Crippen LogP contribution >= 0.6 is 11.6 Å². The van der Waals surface area contributed by atoms with Crippen LogP contribution in [0, 0.1) is 0 Å². The zero-order valence-corrected chi connectivity index (χ0v) is 13.2. The fraction of sp³-hybridized carbons (Fsp3) is 0.625. The van der Waals surface area contributed by atoms with Crippen molar-refractivity contribution in [2.45, 2.75) is 51.7 Å². The first-order valence-corrected chi connectivity index (χ1v) is 7.48. The summed E-state index contributed by atoms with van der Waals surface area (Å²) in [6.07, 6.45) is 1.14. The molecule has 1 unspecified atom stereocenters. The van der Waals surface area contributed by atoms with Crippen molar-refractivity contribution in [2.24, 2.45) is 0 Å². The number of hydrogen-bond donors (Lipinski definition) is 1. The molecule has 0 spiro atoms. The summed E-state index contributed by atoms with van der Waals surface area (Å²) in [6, 6.07) is 8.17. The molecule has 1 saturated heterocycles. The second-order valence-corrected chi connectivity index (χ2v) is 6.94. The maximum Gasteiger partial charge on any atom is 0.0451 e. The Bertz CT molecular complexity index is 444. The van der Waals surface area contributed by atoms with Crippen molar-refractivity contribution in [3.63, 3.8) is 0 Å². The summed E-state index contributed by atoms with van der Waals surface area (Å²) in [5, 5.41) is 4.53. The number of hydrogen-bond acceptors (Lipinski definition) is 2. The Hall–Kier alpha value is -0.570. The molecule has 1 aromatic rings. The molecule has 0 aliphatic carbocycles. The smallest absolute Gasteiger partial charge is 0.0451 e. The minimum atomic E-state index is 0.163. The van der Waals surface area contributed by atoms with Crippen molar-refractivity contribution in [3.8, 4) is 0 Å². The van der Waals surface area contributed by atoms with Crippen LogP contribution in [-0.2, 0) is 6.54 Å². The maximum absolute atomic E-state index is 6.31. The van der Waals surface area contributed by atoms with E-state index in [2.05, 4.69) is 50.0 Å². The summed E-state index contributed by atoms with van der Waals surface area (Å²) >= 11 is 6.31. The lowest BCUT2D eigenvalue weighted by atomic mass is 9.87. The lowest BCUT2D eigenvalue weighted by Gasteiger charge is -2.51. The van der Waals surface area contributed by atoms with E-state index in [1.807, 2.05) is 12.1 Å². The molecule has 1 aliphatic rings. The molecule has 1 N–H and O–H groups in total. The van der Waals surface area contributed by atoms with Crippen LogP contribution in [0.2, 0.25) is 5.02 Å². The monoisotopic (exact) mass is 280 g/mol. The quantitative estimate of drug-likeness (QED) is 0.908. The Morgan fingerprint density at radius 2 is 1.95 bits per heavy atom. The Morgan fingerprint density at radius 1 is 1.26 bits per heavy atom. The van der Waals surface area contributed by atoms with Gasteiger partial charge in [0.15, 0.2) is 0 Å². The van der Waals surface area contributed by atoms with Gasteiger partial charge in [-0.1, -0.05) is 36.7 Å². The van der Waals surface area contributed by atoms with E-state index in [0.29, 0.717) is 0 Å². The largest absolute Gasteiger partial charge is 0.309 e. The SMILES string of the molecule is CCC1(C)CNC(C)(C)CN1Cc1ccccc1Cl.